The number of benzene rings is 2. The fourth-order valence-electron chi connectivity index (χ4n) is 2.27. The molecule has 78 valence electrons. The van der Waals surface area contributed by atoms with Gasteiger partial charge in [-0.1, -0.05) is 54.6 Å². The molecule has 0 aromatic heterocycles. The van der Waals surface area contributed by atoms with Crippen molar-refractivity contribution in [1.29, 1.82) is 0 Å². The van der Waals surface area contributed by atoms with Crippen LogP contribution < -0.4 is 0 Å². The molecule has 0 heterocycles. The van der Waals surface area contributed by atoms with Crippen LogP contribution in [-0.2, 0) is 0 Å². The van der Waals surface area contributed by atoms with Crippen LogP contribution in [0, 0.1) is 0 Å². The van der Waals surface area contributed by atoms with Gasteiger partial charge < -0.3 is 0 Å². The van der Waals surface area contributed by atoms with Crippen molar-refractivity contribution in [2.24, 2.45) is 0 Å². The summed E-state index contributed by atoms with van der Waals surface area (Å²) in [6, 6.07) is 19.4. The van der Waals surface area contributed by atoms with Gasteiger partial charge in [-0.3, -0.25) is 0 Å². The minimum Gasteiger partial charge on any atom is -0.0622 e. The van der Waals surface area contributed by atoms with Gasteiger partial charge in [-0.2, -0.15) is 0 Å². The summed E-state index contributed by atoms with van der Waals surface area (Å²) in [5.41, 5.74) is 4.17. The fraction of sp³-hybridized carbons (Fsp3) is 0.0667. The van der Waals surface area contributed by atoms with Crippen LogP contribution >= 0.6 is 22.6 Å². The van der Waals surface area contributed by atoms with E-state index in [9.17, 15) is 0 Å². The van der Waals surface area contributed by atoms with E-state index in [4.69, 9.17) is 0 Å². The van der Waals surface area contributed by atoms with Crippen LogP contribution in [-0.4, -0.2) is 0 Å². The van der Waals surface area contributed by atoms with Crippen molar-refractivity contribution in [3.05, 3.63) is 74.9 Å². The third kappa shape index (κ3) is 1.59. The van der Waals surface area contributed by atoms with Gasteiger partial charge in [0.15, 0.2) is 0 Å². The van der Waals surface area contributed by atoms with Crippen molar-refractivity contribution in [2.75, 3.05) is 0 Å². The molecule has 2 aromatic carbocycles. The number of fused-ring (bicyclic) bond motifs is 1. The minimum atomic E-state index is 0.443. The van der Waals surface area contributed by atoms with Crippen molar-refractivity contribution in [2.45, 2.75) is 5.92 Å². The van der Waals surface area contributed by atoms with Crippen LogP contribution in [0.2, 0.25) is 0 Å². The molecule has 2 aromatic rings. The normalized spacial score (nSPS) is 18.1. The Morgan fingerprint density at radius 1 is 0.812 bits per heavy atom. The first-order valence-electron chi connectivity index (χ1n) is 5.37. The Balaban J connectivity index is 2.14. The largest absolute Gasteiger partial charge is 0.0622 e. The first-order chi connectivity index (χ1) is 7.86. The van der Waals surface area contributed by atoms with E-state index >= 15 is 0 Å². The quantitative estimate of drug-likeness (QED) is 0.674. The highest BCUT2D eigenvalue weighted by atomic mass is 127. The topological polar surface area (TPSA) is 0 Å². The van der Waals surface area contributed by atoms with E-state index in [1.165, 1.54) is 20.3 Å². The van der Waals surface area contributed by atoms with Gasteiger partial charge in [0.25, 0.3) is 0 Å². The Morgan fingerprint density at radius 2 is 1.50 bits per heavy atom. The van der Waals surface area contributed by atoms with E-state index in [-0.39, 0.29) is 0 Å². The summed E-state index contributed by atoms with van der Waals surface area (Å²) in [5, 5.41) is 0. The summed E-state index contributed by atoms with van der Waals surface area (Å²) in [7, 11) is 0. The summed E-state index contributed by atoms with van der Waals surface area (Å²) < 4.78 is 1.41. The second-order valence-corrected chi connectivity index (χ2v) is 5.25. The zero-order valence-electron chi connectivity index (χ0n) is 8.73. The molecule has 0 bridgehead atoms. The lowest BCUT2D eigenvalue weighted by molar-refractivity contribution is 1.04. The van der Waals surface area contributed by atoms with E-state index in [2.05, 4.69) is 83.3 Å². The fourth-order valence-corrected chi connectivity index (χ4v) is 3.30. The third-order valence-electron chi connectivity index (χ3n) is 3.01. The van der Waals surface area contributed by atoms with Crippen LogP contribution in [0.25, 0.3) is 6.08 Å². The van der Waals surface area contributed by atoms with Crippen LogP contribution in [0.3, 0.4) is 0 Å². The molecule has 0 N–H and O–H groups in total. The molecular formula is C15H11I. The lowest BCUT2D eigenvalue weighted by Crippen LogP contribution is -1.97. The molecule has 1 unspecified atom stereocenters. The first kappa shape index (κ1) is 10.1. The van der Waals surface area contributed by atoms with Crippen molar-refractivity contribution in [3.8, 4) is 0 Å². The third-order valence-corrected chi connectivity index (χ3v) is 3.94. The predicted octanol–water partition coefficient (Wildman–Crippen LogP) is 4.61. The van der Waals surface area contributed by atoms with Crippen molar-refractivity contribution >= 4 is 28.7 Å². The van der Waals surface area contributed by atoms with E-state index in [0.717, 1.165) is 0 Å². The Bertz CT molecular complexity index is 540. The van der Waals surface area contributed by atoms with Gasteiger partial charge in [0.05, 0.1) is 0 Å². The smallest absolute Gasteiger partial charge is 0.0404 e. The molecule has 1 aliphatic carbocycles. The zero-order valence-corrected chi connectivity index (χ0v) is 10.9. The standard InChI is InChI=1S/C15H11I/c16-14-10-12-8-4-5-9-13(12)15(14)11-6-2-1-3-7-11/h1-10,15H. The molecule has 3 rings (SSSR count). The number of hydrogen-bond acceptors (Lipinski definition) is 0. The maximum Gasteiger partial charge on any atom is 0.0404 e. The molecule has 0 saturated carbocycles. The lowest BCUT2D eigenvalue weighted by Gasteiger charge is -2.13. The van der Waals surface area contributed by atoms with Crippen LogP contribution in [0.15, 0.2) is 58.2 Å². The van der Waals surface area contributed by atoms with E-state index in [1.54, 1.807) is 0 Å². The van der Waals surface area contributed by atoms with Gasteiger partial charge in [-0.25, -0.2) is 0 Å². The number of hydrogen-bond donors (Lipinski definition) is 0. The van der Waals surface area contributed by atoms with Crippen molar-refractivity contribution in [1.82, 2.24) is 0 Å². The molecule has 0 spiro atoms. The minimum absolute atomic E-state index is 0.443. The number of allylic oxidation sites excluding steroid dienone is 1. The van der Waals surface area contributed by atoms with Gasteiger partial charge in [-0.05, 0) is 45.4 Å². The summed E-state index contributed by atoms with van der Waals surface area (Å²) in [4.78, 5) is 0. The van der Waals surface area contributed by atoms with E-state index < -0.39 is 0 Å². The number of rotatable bonds is 1. The van der Waals surface area contributed by atoms with Gasteiger partial charge in [0.1, 0.15) is 0 Å². The summed E-state index contributed by atoms with van der Waals surface area (Å²) in [6.45, 7) is 0. The Labute approximate surface area is 109 Å². The molecule has 0 nitrogen and oxygen atoms in total. The van der Waals surface area contributed by atoms with Gasteiger partial charge >= 0.3 is 0 Å². The Morgan fingerprint density at radius 3 is 2.31 bits per heavy atom. The lowest BCUT2D eigenvalue weighted by atomic mass is 9.93. The molecule has 0 saturated heterocycles. The molecule has 0 amide bonds. The summed E-state index contributed by atoms with van der Waals surface area (Å²) in [6.07, 6.45) is 2.29. The van der Waals surface area contributed by atoms with Crippen LogP contribution in [0.1, 0.15) is 22.6 Å². The average Bonchev–Trinajstić information content (AvgIpc) is 2.66. The molecular weight excluding hydrogens is 307 g/mol. The zero-order chi connectivity index (χ0) is 11.0. The van der Waals surface area contributed by atoms with Crippen molar-refractivity contribution < 1.29 is 0 Å². The SMILES string of the molecule is IC1=Cc2ccccc2C1c1ccccc1. The second kappa shape index (κ2) is 4.06. The second-order valence-electron chi connectivity index (χ2n) is 4.00. The van der Waals surface area contributed by atoms with Crippen molar-refractivity contribution in [3.63, 3.8) is 0 Å². The summed E-state index contributed by atoms with van der Waals surface area (Å²) >= 11 is 2.45. The predicted molar refractivity (Wildman–Crippen MR) is 76.7 cm³/mol. The highest BCUT2D eigenvalue weighted by Gasteiger charge is 2.24. The Hall–Kier alpha value is -1.09. The first-order valence-corrected chi connectivity index (χ1v) is 6.45. The molecule has 1 atom stereocenters. The molecule has 1 aliphatic rings. The van der Waals surface area contributed by atoms with Crippen LogP contribution in [0.4, 0.5) is 0 Å². The average molecular weight is 318 g/mol. The van der Waals surface area contributed by atoms with E-state index in [0.29, 0.717) is 5.92 Å². The number of halogens is 1. The monoisotopic (exact) mass is 318 g/mol. The molecule has 1 heteroatoms. The highest BCUT2D eigenvalue weighted by Crippen LogP contribution is 2.43. The van der Waals surface area contributed by atoms with Crippen LogP contribution in [0.5, 0.6) is 0 Å². The molecule has 0 fully saturated rings. The van der Waals surface area contributed by atoms with Gasteiger partial charge in [0, 0.05) is 9.50 Å². The highest BCUT2D eigenvalue weighted by molar-refractivity contribution is 14.1. The van der Waals surface area contributed by atoms with Gasteiger partial charge in [0.2, 0.25) is 0 Å². The molecule has 16 heavy (non-hydrogen) atoms. The molecule has 0 aliphatic heterocycles. The van der Waals surface area contributed by atoms with Gasteiger partial charge in [-0.15, -0.1) is 0 Å². The maximum absolute atomic E-state index is 2.45. The Kier molecular flexibility index (Phi) is 2.56. The maximum atomic E-state index is 2.45. The molecule has 0 radical (unpaired) electrons. The van der Waals surface area contributed by atoms with E-state index in [1.807, 2.05) is 0 Å². The summed E-state index contributed by atoms with van der Waals surface area (Å²) in [5.74, 6) is 0.443.